The summed E-state index contributed by atoms with van der Waals surface area (Å²) in [5, 5.41) is 43.5. The lowest BCUT2D eigenvalue weighted by Gasteiger charge is -2.17. The topological polar surface area (TPSA) is 175 Å². The lowest BCUT2D eigenvalue weighted by molar-refractivity contribution is -0.404. The predicted molar refractivity (Wildman–Crippen MR) is 100 cm³/mol. The van der Waals surface area contributed by atoms with Crippen LogP contribution in [0.5, 0.6) is 5.75 Å². The van der Waals surface area contributed by atoms with Gasteiger partial charge < -0.3 is 10.4 Å². The Bertz CT molecular complexity index is 823. The van der Waals surface area contributed by atoms with Crippen LogP contribution in [0.1, 0.15) is 20.8 Å². The fraction of sp³-hybridized carbons (Fsp3) is 0.312. The van der Waals surface area contributed by atoms with Gasteiger partial charge in [-0.3, -0.25) is 30.3 Å². The highest BCUT2D eigenvalue weighted by Crippen LogP contribution is 2.38. The van der Waals surface area contributed by atoms with Crippen molar-refractivity contribution in [2.75, 3.05) is 5.32 Å². The SMILES string of the molecule is CC(C)C(C)Nc1ccccn1.O=[N+]([O-])c1cc([N+](=O)[O-])c(O)c([N+](=O)[O-])c1. The lowest BCUT2D eigenvalue weighted by Crippen LogP contribution is -2.21. The first-order valence-corrected chi connectivity index (χ1v) is 8.02. The summed E-state index contributed by atoms with van der Waals surface area (Å²) in [5.41, 5.74) is -3.00. The van der Waals surface area contributed by atoms with E-state index in [9.17, 15) is 30.3 Å². The van der Waals surface area contributed by atoms with E-state index in [0.717, 1.165) is 5.82 Å². The van der Waals surface area contributed by atoms with Gasteiger partial charge in [-0.1, -0.05) is 19.9 Å². The Morgan fingerprint density at radius 1 is 0.964 bits per heavy atom. The average molecular weight is 393 g/mol. The second kappa shape index (κ2) is 9.75. The van der Waals surface area contributed by atoms with Crippen LogP contribution < -0.4 is 5.32 Å². The van der Waals surface area contributed by atoms with Crippen LogP contribution >= 0.6 is 0 Å². The second-order valence-electron chi connectivity index (χ2n) is 6.00. The molecule has 12 nitrogen and oxygen atoms in total. The van der Waals surface area contributed by atoms with Crippen molar-refractivity contribution in [3.63, 3.8) is 0 Å². The summed E-state index contributed by atoms with van der Waals surface area (Å²) < 4.78 is 0. The summed E-state index contributed by atoms with van der Waals surface area (Å²) in [5.74, 6) is 0.381. The van der Waals surface area contributed by atoms with Crippen LogP contribution in [-0.4, -0.2) is 30.9 Å². The highest BCUT2D eigenvalue weighted by molar-refractivity contribution is 5.64. The molecule has 150 valence electrons. The molecule has 1 aromatic carbocycles. The number of non-ortho nitro benzene ring substituents is 1. The summed E-state index contributed by atoms with van der Waals surface area (Å²) in [7, 11) is 0. The fourth-order valence-corrected chi connectivity index (χ4v) is 1.82. The van der Waals surface area contributed by atoms with Gasteiger partial charge in [-0.05, 0) is 25.0 Å². The smallest absolute Gasteiger partial charge is 0.324 e. The van der Waals surface area contributed by atoms with E-state index in [-0.39, 0.29) is 0 Å². The van der Waals surface area contributed by atoms with E-state index in [1.54, 1.807) is 6.20 Å². The van der Waals surface area contributed by atoms with Gasteiger partial charge in [0.2, 0.25) is 0 Å². The molecule has 2 N–H and O–H groups in total. The Labute approximate surface area is 159 Å². The minimum absolute atomic E-state index is 0.447. The summed E-state index contributed by atoms with van der Waals surface area (Å²) in [6.07, 6.45) is 1.80. The molecule has 2 aromatic rings. The maximum absolute atomic E-state index is 10.4. The van der Waals surface area contributed by atoms with Crippen molar-refractivity contribution in [3.8, 4) is 5.75 Å². The summed E-state index contributed by atoms with van der Waals surface area (Å²) >= 11 is 0. The molecular weight excluding hydrogens is 374 g/mol. The molecule has 0 amide bonds. The first-order valence-electron chi connectivity index (χ1n) is 8.02. The van der Waals surface area contributed by atoms with Crippen LogP contribution in [0, 0.1) is 36.3 Å². The molecule has 28 heavy (non-hydrogen) atoms. The molecule has 0 aliphatic rings. The molecule has 0 aliphatic carbocycles. The van der Waals surface area contributed by atoms with E-state index in [4.69, 9.17) is 5.11 Å². The quantitative estimate of drug-likeness (QED) is 0.548. The van der Waals surface area contributed by atoms with Crippen LogP contribution in [0.15, 0.2) is 36.5 Å². The lowest BCUT2D eigenvalue weighted by atomic mass is 10.1. The Hall–Kier alpha value is -3.83. The van der Waals surface area contributed by atoms with E-state index in [2.05, 4.69) is 31.1 Å². The molecule has 12 heteroatoms. The number of nitrogens with one attached hydrogen (secondary N) is 1. The number of anilines is 1. The molecule has 1 unspecified atom stereocenters. The molecule has 2 rings (SSSR count). The van der Waals surface area contributed by atoms with Gasteiger partial charge in [-0.25, -0.2) is 4.98 Å². The van der Waals surface area contributed by atoms with Crippen molar-refractivity contribution in [3.05, 3.63) is 66.9 Å². The van der Waals surface area contributed by atoms with Crippen LogP contribution in [0.25, 0.3) is 0 Å². The molecule has 1 atom stereocenters. The zero-order chi connectivity index (χ0) is 21.4. The third-order valence-corrected chi connectivity index (χ3v) is 3.70. The van der Waals surface area contributed by atoms with Crippen LogP contribution in [0.4, 0.5) is 22.9 Å². The van der Waals surface area contributed by atoms with Crippen molar-refractivity contribution < 1.29 is 19.9 Å². The molecule has 0 fully saturated rings. The minimum atomic E-state index is -1.21. The van der Waals surface area contributed by atoms with Gasteiger partial charge in [0.15, 0.2) is 0 Å². The molecule has 0 bridgehead atoms. The van der Waals surface area contributed by atoms with Gasteiger partial charge in [-0.2, -0.15) is 0 Å². The van der Waals surface area contributed by atoms with E-state index in [0.29, 0.717) is 24.1 Å². The monoisotopic (exact) mass is 393 g/mol. The van der Waals surface area contributed by atoms with E-state index in [1.807, 2.05) is 18.2 Å². The standard InChI is InChI=1S/C10H16N2.C6H3N3O7/c1-8(2)9(3)12-10-6-4-5-7-11-10;10-6-4(8(13)14)1-3(7(11)12)2-5(6)9(15)16/h4-9H,1-3H3,(H,11,12);1-2,10H. The van der Waals surface area contributed by atoms with Gasteiger partial charge in [0.25, 0.3) is 11.4 Å². The molecule has 0 aliphatic heterocycles. The number of pyridine rings is 1. The van der Waals surface area contributed by atoms with Crippen molar-refractivity contribution >= 4 is 22.9 Å². The highest BCUT2D eigenvalue weighted by Gasteiger charge is 2.30. The molecule has 1 heterocycles. The van der Waals surface area contributed by atoms with Crippen molar-refractivity contribution in [1.29, 1.82) is 0 Å². The molecule has 0 saturated heterocycles. The van der Waals surface area contributed by atoms with Crippen molar-refractivity contribution in [1.82, 2.24) is 4.98 Å². The highest BCUT2D eigenvalue weighted by atomic mass is 16.6. The van der Waals surface area contributed by atoms with Gasteiger partial charge in [-0.15, -0.1) is 0 Å². The van der Waals surface area contributed by atoms with Crippen LogP contribution in [0.2, 0.25) is 0 Å². The van der Waals surface area contributed by atoms with E-state index < -0.39 is 37.6 Å². The van der Waals surface area contributed by atoms with Gasteiger partial charge in [0, 0.05) is 12.2 Å². The summed E-state index contributed by atoms with van der Waals surface area (Å²) in [4.78, 5) is 32.0. The number of phenolic OH excluding ortho intramolecular Hbond substituents is 1. The number of benzene rings is 1. The third kappa shape index (κ3) is 6.16. The largest absolute Gasteiger partial charge is 0.497 e. The number of aromatic nitrogens is 1. The zero-order valence-electron chi connectivity index (χ0n) is 15.3. The number of rotatable bonds is 6. The first kappa shape index (κ1) is 22.2. The van der Waals surface area contributed by atoms with Gasteiger partial charge in [0.05, 0.1) is 26.9 Å². The Morgan fingerprint density at radius 3 is 1.86 bits per heavy atom. The number of nitro benzene ring substituents is 3. The molecule has 0 radical (unpaired) electrons. The second-order valence-corrected chi connectivity index (χ2v) is 6.00. The maximum Gasteiger partial charge on any atom is 0.324 e. The summed E-state index contributed by atoms with van der Waals surface area (Å²) in [6.45, 7) is 6.56. The predicted octanol–water partition coefficient (Wildman–Crippen LogP) is 3.65. The Kier molecular flexibility index (Phi) is 7.74. The molecule has 0 saturated carbocycles. The fourth-order valence-electron chi connectivity index (χ4n) is 1.82. The number of aromatic hydroxyl groups is 1. The minimum Gasteiger partial charge on any atom is -0.497 e. The van der Waals surface area contributed by atoms with Gasteiger partial charge >= 0.3 is 11.4 Å². The van der Waals surface area contributed by atoms with Crippen LogP contribution in [0.3, 0.4) is 0 Å². The normalized spacial score (nSPS) is 11.1. The van der Waals surface area contributed by atoms with Gasteiger partial charge in [0.1, 0.15) is 5.82 Å². The maximum atomic E-state index is 10.4. The summed E-state index contributed by atoms with van der Waals surface area (Å²) in [6, 6.07) is 7.26. The third-order valence-electron chi connectivity index (χ3n) is 3.70. The number of nitrogens with zero attached hydrogens (tertiary/aromatic N) is 4. The van der Waals surface area contributed by atoms with Crippen molar-refractivity contribution in [2.24, 2.45) is 5.92 Å². The van der Waals surface area contributed by atoms with E-state index >= 15 is 0 Å². The van der Waals surface area contributed by atoms with Crippen LogP contribution in [-0.2, 0) is 0 Å². The van der Waals surface area contributed by atoms with E-state index in [1.165, 1.54) is 0 Å². The zero-order valence-corrected chi connectivity index (χ0v) is 15.3. The molecule has 0 spiro atoms. The number of phenols is 1. The van der Waals surface area contributed by atoms with Crippen molar-refractivity contribution in [2.45, 2.75) is 26.8 Å². The Morgan fingerprint density at radius 2 is 1.50 bits per heavy atom. The molecular formula is C16H19N5O7. The molecule has 1 aromatic heterocycles. The number of nitro groups is 3. The number of hydrogen-bond acceptors (Lipinski definition) is 9. The Balaban J connectivity index is 0.000000292. The number of hydrogen-bond donors (Lipinski definition) is 2. The first-order chi connectivity index (χ1) is 13.0. The average Bonchev–Trinajstić information content (AvgIpc) is 2.62.